The Hall–Kier alpha value is -4.57. The fraction of sp³-hybridized carbons (Fsp3) is 0.323. The Balaban J connectivity index is 1.97. The molecule has 17 heteroatoms. The Kier molecular flexibility index (Phi) is 9.93. The average molecular weight is 706 g/mol. The van der Waals surface area contributed by atoms with Crippen molar-refractivity contribution in [1.29, 1.82) is 0 Å². The number of hydrogen-bond donors (Lipinski definition) is 3. The molecule has 0 aromatic heterocycles. The van der Waals surface area contributed by atoms with E-state index in [4.69, 9.17) is 21.1 Å². The molecule has 48 heavy (non-hydrogen) atoms. The molecule has 3 amide bonds. The highest BCUT2D eigenvalue weighted by atomic mass is 35.5. The molecule has 1 aliphatic heterocycles. The number of methoxy groups -OCH3 is 1. The van der Waals surface area contributed by atoms with Crippen LogP contribution in [0.15, 0.2) is 42.5 Å². The molecule has 0 fully saturated rings. The van der Waals surface area contributed by atoms with Gasteiger partial charge in [-0.25, -0.2) is 22.4 Å². The van der Waals surface area contributed by atoms with E-state index < -0.39 is 106 Å². The third kappa shape index (κ3) is 7.59. The molecule has 0 saturated heterocycles. The van der Waals surface area contributed by atoms with Gasteiger partial charge < -0.3 is 25.2 Å². The van der Waals surface area contributed by atoms with Crippen molar-refractivity contribution in [3.63, 3.8) is 0 Å². The van der Waals surface area contributed by atoms with Crippen LogP contribution >= 0.6 is 11.6 Å². The van der Waals surface area contributed by atoms with Crippen molar-refractivity contribution in [1.82, 2.24) is 10.2 Å². The number of nitrogens with zero attached hydrogens (tertiary/aromatic N) is 1. The summed E-state index contributed by atoms with van der Waals surface area (Å²) in [6, 6.07) is 4.72. The molecule has 0 aliphatic carbocycles. The zero-order valence-electron chi connectivity index (χ0n) is 25.5. The molecular formula is C31H27ClF7N3O6. The quantitative estimate of drug-likeness (QED) is 0.221. The van der Waals surface area contributed by atoms with E-state index in [0.29, 0.717) is 17.0 Å². The lowest BCUT2D eigenvalue weighted by molar-refractivity contribution is -0.137. The lowest BCUT2D eigenvalue weighted by atomic mass is 9.90. The number of carbonyl (C=O) groups excluding carboxylic acids is 3. The topological polar surface area (TPSA) is 117 Å². The van der Waals surface area contributed by atoms with Crippen LogP contribution in [0.2, 0.25) is 5.02 Å². The van der Waals surface area contributed by atoms with Gasteiger partial charge in [-0.05, 0) is 63.2 Å². The van der Waals surface area contributed by atoms with Crippen LogP contribution in [-0.2, 0) is 23.2 Å². The van der Waals surface area contributed by atoms with Gasteiger partial charge in [0.15, 0.2) is 5.72 Å². The number of halogens is 8. The van der Waals surface area contributed by atoms with E-state index in [-0.39, 0.29) is 16.7 Å². The van der Waals surface area contributed by atoms with E-state index >= 15 is 0 Å². The Labute approximate surface area is 273 Å². The van der Waals surface area contributed by atoms with Crippen molar-refractivity contribution in [3.8, 4) is 5.75 Å². The summed E-state index contributed by atoms with van der Waals surface area (Å²) in [5, 5.41) is 16.0. The molecule has 9 nitrogen and oxygen atoms in total. The zero-order chi connectivity index (χ0) is 35.9. The summed E-state index contributed by atoms with van der Waals surface area (Å²) in [5.41, 5.74) is -8.50. The maximum absolute atomic E-state index is 14.4. The van der Waals surface area contributed by atoms with Crippen molar-refractivity contribution in [2.75, 3.05) is 19.0 Å². The van der Waals surface area contributed by atoms with Gasteiger partial charge in [0.1, 0.15) is 23.0 Å². The Morgan fingerprint density at radius 2 is 1.73 bits per heavy atom. The second-order valence-electron chi connectivity index (χ2n) is 11.6. The first-order valence-corrected chi connectivity index (χ1v) is 14.2. The molecule has 0 spiro atoms. The first kappa shape index (κ1) is 36.3. The predicted octanol–water partition coefficient (Wildman–Crippen LogP) is 6.84. The van der Waals surface area contributed by atoms with Gasteiger partial charge in [-0.15, -0.1) is 0 Å². The molecule has 0 saturated carbocycles. The van der Waals surface area contributed by atoms with Gasteiger partial charge in [-0.2, -0.15) is 13.2 Å². The van der Waals surface area contributed by atoms with Crippen LogP contribution in [0.4, 0.5) is 41.2 Å². The fourth-order valence-electron chi connectivity index (χ4n) is 5.01. The van der Waals surface area contributed by atoms with Gasteiger partial charge in [-0.1, -0.05) is 11.6 Å². The van der Waals surface area contributed by atoms with Gasteiger partial charge in [0.05, 0.1) is 37.0 Å². The Morgan fingerprint density at radius 3 is 2.31 bits per heavy atom. The maximum atomic E-state index is 14.4. The molecule has 3 aromatic carbocycles. The summed E-state index contributed by atoms with van der Waals surface area (Å²) in [6.45, 7) is 2.52. The third-order valence-corrected chi connectivity index (χ3v) is 7.20. The zero-order valence-corrected chi connectivity index (χ0v) is 26.2. The van der Waals surface area contributed by atoms with Crippen molar-refractivity contribution in [2.45, 2.75) is 51.2 Å². The summed E-state index contributed by atoms with van der Waals surface area (Å²) in [5.74, 6) is -5.21. The Bertz CT molecular complexity index is 1780. The number of carbonyl (C=O) groups is 3. The smallest absolute Gasteiger partial charge is 0.416 e. The molecular weight excluding hydrogens is 679 g/mol. The number of rotatable bonds is 8. The third-order valence-electron chi connectivity index (χ3n) is 6.87. The average Bonchev–Trinajstić information content (AvgIpc) is 3.23. The van der Waals surface area contributed by atoms with Crippen LogP contribution in [0, 0.1) is 11.6 Å². The monoisotopic (exact) mass is 705 g/mol. The van der Waals surface area contributed by atoms with Crippen LogP contribution in [-0.4, -0.2) is 53.6 Å². The van der Waals surface area contributed by atoms with Crippen LogP contribution in [0.25, 0.3) is 0 Å². The first-order chi connectivity index (χ1) is 22.1. The van der Waals surface area contributed by atoms with E-state index in [1.165, 1.54) is 20.8 Å². The molecule has 0 radical (unpaired) electrons. The van der Waals surface area contributed by atoms with Gasteiger partial charge in [0.2, 0.25) is 0 Å². The van der Waals surface area contributed by atoms with E-state index in [0.717, 1.165) is 31.4 Å². The van der Waals surface area contributed by atoms with Crippen LogP contribution < -0.4 is 15.4 Å². The van der Waals surface area contributed by atoms with E-state index in [9.17, 15) is 50.2 Å². The van der Waals surface area contributed by atoms with E-state index in [1.807, 2.05) is 0 Å². The fourth-order valence-corrected chi connectivity index (χ4v) is 5.26. The molecule has 1 atom stereocenters. The number of benzene rings is 3. The van der Waals surface area contributed by atoms with Crippen LogP contribution in [0.1, 0.15) is 63.7 Å². The number of fused-ring (bicyclic) bond motifs is 1. The minimum Gasteiger partial charge on any atom is -0.496 e. The van der Waals surface area contributed by atoms with Crippen molar-refractivity contribution in [2.24, 2.45) is 0 Å². The second kappa shape index (κ2) is 13.1. The number of nitrogens with one attached hydrogen (secondary N) is 2. The van der Waals surface area contributed by atoms with Crippen molar-refractivity contribution in [3.05, 3.63) is 92.5 Å². The highest BCUT2D eigenvalue weighted by molar-refractivity contribution is 6.31. The van der Waals surface area contributed by atoms with Gasteiger partial charge in [0, 0.05) is 27.3 Å². The summed E-state index contributed by atoms with van der Waals surface area (Å²) >= 11 is 6.25. The predicted molar refractivity (Wildman–Crippen MR) is 157 cm³/mol. The highest BCUT2D eigenvalue weighted by Gasteiger charge is 2.49. The molecule has 3 aromatic rings. The standard InChI is InChI=1S/C31H27ClF7N3O6/c1-29(2,3)48-28(45)42(13-22(35)36)12-15-9-21(40-26(43)14-7-16(31(37,38)39)10-18(34)8-14)24-23(25(15)47-4)27(44)41-30(24,46)19-11-17(33)5-6-20(19)32/h5-11,22,46H,12-13H2,1-4H3,(H,40,43)(H,41,44). The number of anilines is 1. The summed E-state index contributed by atoms with van der Waals surface area (Å²) < 4.78 is 107. The van der Waals surface area contributed by atoms with Gasteiger partial charge in [0.25, 0.3) is 18.2 Å². The molecule has 4 rings (SSSR count). The minimum absolute atomic E-state index is 0.154. The molecule has 1 unspecified atom stereocenters. The Morgan fingerprint density at radius 1 is 1.06 bits per heavy atom. The van der Waals surface area contributed by atoms with E-state index in [1.54, 1.807) is 0 Å². The molecule has 1 heterocycles. The summed E-state index contributed by atoms with van der Waals surface area (Å²) in [4.78, 5) is 40.3. The number of aliphatic hydroxyl groups is 1. The molecule has 3 N–H and O–H groups in total. The number of hydrogen-bond acceptors (Lipinski definition) is 6. The molecule has 0 bridgehead atoms. The van der Waals surface area contributed by atoms with Gasteiger partial charge >= 0.3 is 12.3 Å². The van der Waals surface area contributed by atoms with Crippen molar-refractivity contribution < 1.29 is 59.7 Å². The molecule has 1 aliphatic rings. The van der Waals surface area contributed by atoms with Crippen molar-refractivity contribution >= 4 is 35.2 Å². The summed E-state index contributed by atoms with van der Waals surface area (Å²) in [7, 11) is 1.06. The van der Waals surface area contributed by atoms with E-state index in [2.05, 4.69) is 10.6 Å². The second-order valence-corrected chi connectivity index (χ2v) is 12.0. The summed E-state index contributed by atoms with van der Waals surface area (Å²) in [6.07, 6.45) is -9.33. The van der Waals surface area contributed by atoms with Gasteiger partial charge in [-0.3, -0.25) is 14.5 Å². The lowest BCUT2D eigenvalue weighted by Crippen LogP contribution is -2.41. The number of ether oxygens (including phenoxy) is 2. The first-order valence-electron chi connectivity index (χ1n) is 13.8. The lowest BCUT2D eigenvalue weighted by Gasteiger charge is -2.30. The van der Waals surface area contributed by atoms with Crippen LogP contribution in [0.3, 0.4) is 0 Å². The number of amides is 3. The van der Waals surface area contributed by atoms with Crippen LogP contribution in [0.5, 0.6) is 5.75 Å². The number of alkyl halides is 5. The highest BCUT2D eigenvalue weighted by Crippen LogP contribution is 2.47. The minimum atomic E-state index is -5.05. The largest absolute Gasteiger partial charge is 0.496 e. The maximum Gasteiger partial charge on any atom is 0.416 e. The molecule has 258 valence electrons. The SMILES string of the molecule is COc1c(CN(CC(F)F)C(=O)OC(C)(C)C)cc(NC(=O)c2cc(F)cc(C(F)(F)F)c2)c2c1C(=O)NC2(O)c1cc(F)ccc1Cl. The normalized spacial score (nSPS) is 16.0.